The lowest BCUT2D eigenvalue weighted by Crippen LogP contribution is -1.86. The van der Waals surface area contributed by atoms with Crippen molar-refractivity contribution in [3.05, 3.63) is 47.6 Å². The van der Waals surface area contributed by atoms with E-state index in [-0.39, 0.29) is 0 Å². The molecule has 0 aromatic carbocycles. The molecule has 0 unspecified atom stereocenters. The van der Waals surface area contributed by atoms with Gasteiger partial charge >= 0.3 is 0 Å². The lowest BCUT2D eigenvalue weighted by atomic mass is 10.0. The normalized spacial score (nSPS) is 14.6. The second-order valence-corrected chi connectivity index (χ2v) is 3.09. The van der Waals surface area contributed by atoms with Crippen LogP contribution in [0.2, 0.25) is 0 Å². The number of hydrogen-bond donors (Lipinski definition) is 0. The third-order valence-corrected chi connectivity index (χ3v) is 2.19. The van der Waals surface area contributed by atoms with Gasteiger partial charge in [0.2, 0.25) is 0 Å². The van der Waals surface area contributed by atoms with Crippen LogP contribution >= 0.6 is 0 Å². The smallest absolute Gasteiger partial charge is 0.0305 e. The Kier molecular flexibility index (Phi) is 5.96. The third kappa shape index (κ3) is 3.93. The highest BCUT2D eigenvalue weighted by Gasteiger charge is 1.97. The van der Waals surface area contributed by atoms with Crippen molar-refractivity contribution in [1.82, 2.24) is 0 Å². The van der Waals surface area contributed by atoms with E-state index in [0.717, 1.165) is 6.42 Å². The molecule has 0 spiro atoms. The molecule has 0 heterocycles. The van der Waals surface area contributed by atoms with Crippen molar-refractivity contribution in [2.75, 3.05) is 0 Å². The van der Waals surface area contributed by atoms with Crippen LogP contribution in [0.1, 0.15) is 34.1 Å². The second kappa shape index (κ2) is 6.47. The molecule has 0 atom stereocenters. The van der Waals surface area contributed by atoms with Crippen LogP contribution in [0.25, 0.3) is 0 Å². The van der Waals surface area contributed by atoms with E-state index in [2.05, 4.69) is 52.5 Å². The van der Waals surface area contributed by atoms with E-state index in [1.54, 1.807) is 0 Å². The molecule has 0 saturated carbocycles. The van der Waals surface area contributed by atoms with Gasteiger partial charge in [-0.25, -0.2) is 0 Å². The van der Waals surface area contributed by atoms with Gasteiger partial charge in [-0.1, -0.05) is 37.8 Å². The quantitative estimate of drug-likeness (QED) is 0.556. The Morgan fingerprint density at radius 3 is 2.31 bits per heavy atom. The lowest BCUT2D eigenvalue weighted by Gasteiger charge is -2.06. The zero-order chi connectivity index (χ0) is 10.3. The van der Waals surface area contributed by atoms with Crippen LogP contribution in [0.4, 0.5) is 0 Å². The standard InChI is InChI=1S/C13H20/c1-6-9-11(4)12(5)13(8-3)10-7-2/h6-7,9-10H,1,8H2,2-5H3/b10-7+,11-9+,13-12+. The highest BCUT2D eigenvalue weighted by molar-refractivity contribution is 5.38. The molecular formula is C13H20. The van der Waals surface area contributed by atoms with Gasteiger partial charge in [0.25, 0.3) is 0 Å². The summed E-state index contributed by atoms with van der Waals surface area (Å²) in [5.74, 6) is 0. The molecule has 0 fully saturated rings. The first kappa shape index (κ1) is 12.0. The van der Waals surface area contributed by atoms with Crippen LogP contribution in [0.5, 0.6) is 0 Å². The highest BCUT2D eigenvalue weighted by Crippen LogP contribution is 2.17. The fourth-order valence-electron chi connectivity index (χ4n) is 1.26. The minimum Gasteiger partial charge on any atom is -0.0991 e. The van der Waals surface area contributed by atoms with Crippen molar-refractivity contribution >= 4 is 0 Å². The summed E-state index contributed by atoms with van der Waals surface area (Å²) in [5.41, 5.74) is 4.06. The summed E-state index contributed by atoms with van der Waals surface area (Å²) in [5, 5.41) is 0. The highest BCUT2D eigenvalue weighted by atomic mass is 14.0. The summed E-state index contributed by atoms with van der Waals surface area (Å²) < 4.78 is 0. The van der Waals surface area contributed by atoms with Crippen LogP contribution in [0.3, 0.4) is 0 Å². The predicted octanol–water partition coefficient (Wildman–Crippen LogP) is 4.42. The van der Waals surface area contributed by atoms with Crippen LogP contribution < -0.4 is 0 Å². The first-order valence-corrected chi connectivity index (χ1v) is 4.79. The molecule has 0 amide bonds. The maximum Gasteiger partial charge on any atom is -0.0305 e. The Balaban J connectivity index is 4.94. The number of hydrogen-bond acceptors (Lipinski definition) is 0. The maximum absolute atomic E-state index is 3.70. The van der Waals surface area contributed by atoms with Gasteiger partial charge < -0.3 is 0 Å². The molecule has 0 aromatic heterocycles. The van der Waals surface area contributed by atoms with Crippen molar-refractivity contribution in [3.63, 3.8) is 0 Å². The minimum absolute atomic E-state index is 1.08. The van der Waals surface area contributed by atoms with Gasteiger partial charge in [-0.3, -0.25) is 0 Å². The fourth-order valence-corrected chi connectivity index (χ4v) is 1.26. The van der Waals surface area contributed by atoms with E-state index in [0.29, 0.717) is 0 Å². The van der Waals surface area contributed by atoms with Gasteiger partial charge in [-0.15, -0.1) is 0 Å². The Hall–Kier alpha value is -1.04. The van der Waals surface area contributed by atoms with Crippen LogP contribution in [0, 0.1) is 0 Å². The van der Waals surface area contributed by atoms with E-state index in [1.165, 1.54) is 16.7 Å². The van der Waals surface area contributed by atoms with Crippen molar-refractivity contribution in [3.8, 4) is 0 Å². The molecule has 72 valence electrons. The van der Waals surface area contributed by atoms with Gasteiger partial charge in [0.15, 0.2) is 0 Å². The zero-order valence-electron chi connectivity index (χ0n) is 9.22. The average molecular weight is 176 g/mol. The topological polar surface area (TPSA) is 0 Å². The van der Waals surface area contributed by atoms with Gasteiger partial charge in [-0.2, -0.15) is 0 Å². The summed E-state index contributed by atoms with van der Waals surface area (Å²) in [6.07, 6.45) is 9.23. The van der Waals surface area contributed by atoms with Gasteiger partial charge in [0, 0.05) is 0 Å². The third-order valence-electron chi connectivity index (χ3n) is 2.19. The average Bonchev–Trinajstić information content (AvgIpc) is 2.13. The maximum atomic E-state index is 3.70. The van der Waals surface area contributed by atoms with Gasteiger partial charge in [-0.05, 0) is 43.9 Å². The van der Waals surface area contributed by atoms with Crippen molar-refractivity contribution in [2.45, 2.75) is 34.1 Å². The predicted molar refractivity (Wildman–Crippen MR) is 61.8 cm³/mol. The summed E-state index contributed by atoms with van der Waals surface area (Å²) in [6, 6.07) is 0. The molecule has 0 N–H and O–H groups in total. The number of rotatable bonds is 4. The van der Waals surface area contributed by atoms with Gasteiger partial charge in [0.05, 0.1) is 0 Å². The SMILES string of the molecule is C=C/C=C(C)/C(C)=C(/C=C/C)CC. The largest absolute Gasteiger partial charge is 0.0991 e. The fraction of sp³-hybridized carbons (Fsp3) is 0.385. The monoisotopic (exact) mass is 176 g/mol. The molecule has 0 heteroatoms. The molecule has 0 nitrogen and oxygen atoms in total. The molecular weight excluding hydrogens is 156 g/mol. The molecule has 0 rings (SSSR count). The van der Waals surface area contributed by atoms with E-state index in [1.807, 2.05) is 6.08 Å². The van der Waals surface area contributed by atoms with E-state index < -0.39 is 0 Å². The summed E-state index contributed by atoms with van der Waals surface area (Å²) in [6.45, 7) is 12.2. The van der Waals surface area contributed by atoms with Crippen molar-refractivity contribution in [2.24, 2.45) is 0 Å². The molecule has 0 bridgehead atoms. The molecule has 0 radical (unpaired) electrons. The van der Waals surface area contributed by atoms with E-state index >= 15 is 0 Å². The van der Waals surface area contributed by atoms with Crippen molar-refractivity contribution < 1.29 is 0 Å². The van der Waals surface area contributed by atoms with Crippen molar-refractivity contribution in [1.29, 1.82) is 0 Å². The summed E-state index contributed by atoms with van der Waals surface area (Å²) >= 11 is 0. The van der Waals surface area contributed by atoms with Crippen LogP contribution in [0.15, 0.2) is 47.6 Å². The first-order valence-electron chi connectivity index (χ1n) is 4.79. The Labute approximate surface area is 82.4 Å². The number of allylic oxidation sites excluding steroid dienone is 7. The molecule has 0 aliphatic rings. The molecule has 0 aliphatic heterocycles. The Morgan fingerprint density at radius 1 is 1.31 bits per heavy atom. The van der Waals surface area contributed by atoms with E-state index in [4.69, 9.17) is 0 Å². The summed E-state index contributed by atoms with van der Waals surface area (Å²) in [7, 11) is 0. The van der Waals surface area contributed by atoms with E-state index in [9.17, 15) is 0 Å². The van der Waals surface area contributed by atoms with Crippen LogP contribution in [-0.2, 0) is 0 Å². The minimum atomic E-state index is 1.08. The lowest BCUT2D eigenvalue weighted by molar-refractivity contribution is 1.10. The van der Waals surface area contributed by atoms with Gasteiger partial charge in [0.1, 0.15) is 0 Å². The molecule has 0 aliphatic carbocycles. The first-order chi connectivity index (χ1) is 6.17. The second-order valence-electron chi connectivity index (χ2n) is 3.09. The summed E-state index contributed by atoms with van der Waals surface area (Å²) in [4.78, 5) is 0. The molecule has 0 aromatic rings. The van der Waals surface area contributed by atoms with Crippen LogP contribution in [-0.4, -0.2) is 0 Å². The molecule has 0 saturated heterocycles. The Bertz CT molecular complexity index is 249. The molecule has 13 heavy (non-hydrogen) atoms. The zero-order valence-corrected chi connectivity index (χ0v) is 9.22. The Morgan fingerprint density at radius 2 is 1.92 bits per heavy atom.